The first kappa shape index (κ1) is 22.0. The summed E-state index contributed by atoms with van der Waals surface area (Å²) in [6.07, 6.45) is 1.90. The van der Waals surface area contributed by atoms with Crippen molar-refractivity contribution in [1.82, 2.24) is 19.2 Å². The lowest BCUT2D eigenvalue weighted by atomic mass is 10.1. The van der Waals surface area contributed by atoms with Crippen molar-refractivity contribution in [1.29, 1.82) is 0 Å². The first-order chi connectivity index (χ1) is 16.4. The van der Waals surface area contributed by atoms with Gasteiger partial charge in [0.05, 0.1) is 30.6 Å². The molecule has 3 heterocycles. The Hall–Kier alpha value is -3.84. The van der Waals surface area contributed by atoms with E-state index in [2.05, 4.69) is 46.9 Å². The van der Waals surface area contributed by atoms with E-state index >= 15 is 0 Å². The van der Waals surface area contributed by atoms with Crippen molar-refractivity contribution >= 4 is 11.6 Å². The second kappa shape index (κ2) is 8.83. The first-order valence-electron chi connectivity index (χ1n) is 11.4. The van der Waals surface area contributed by atoms with Crippen molar-refractivity contribution < 1.29 is 9.53 Å². The number of aryl methyl sites for hydroxylation is 1. The van der Waals surface area contributed by atoms with Gasteiger partial charge < -0.3 is 19.1 Å². The maximum atomic E-state index is 13.9. The van der Waals surface area contributed by atoms with Gasteiger partial charge in [0.15, 0.2) is 0 Å². The maximum Gasteiger partial charge on any atom is 0.262 e. The summed E-state index contributed by atoms with van der Waals surface area (Å²) in [6, 6.07) is 20.0. The van der Waals surface area contributed by atoms with E-state index in [1.807, 2.05) is 60.5 Å². The van der Waals surface area contributed by atoms with Crippen LogP contribution in [0.3, 0.4) is 0 Å². The highest BCUT2D eigenvalue weighted by molar-refractivity contribution is 6.08. The van der Waals surface area contributed by atoms with Gasteiger partial charge in [-0.2, -0.15) is 5.10 Å². The molecule has 0 saturated heterocycles. The zero-order valence-corrected chi connectivity index (χ0v) is 20.0. The highest BCUT2D eigenvalue weighted by Gasteiger charge is 2.28. The fourth-order valence-corrected chi connectivity index (χ4v) is 4.57. The van der Waals surface area contributed by atoms with Crippen LogP contribution < -0.4 is 9.64 Å². The average Bonchev–Trinajstić information content (AvgIpc) is 3.38. The smallest absolute Gasteiger partial charge is 0.262 e. The largest absolute Gasteiger partial charge is 0.496 e. The lowest BCUT2D eigenvalue weighted by molar-refractivity contribution is 0.0982. The van der Waals surface area contributed by atoms with E-state index in [-0.39, 0.29) is 5.91 Å². The number of aromatic nitrogens is 3. The maximum absolute atomic E-state index is 13.9. The third kappa shape index (κ3) is 3.99. The van der Waals surface area contributed by atoms with Gasteiger partial charge in [0.2, 0.25) is 0 Å². The van der Waals surface area contributed by atoms with E-state index in [4.69, 9.17) is 4.74 Å². The molecule has 0 N–H and O–H groups in total. The Labute approximate surface area is 199 Å². The van der Waals surface area contributed by atoms with Crippen LogP contribution in [0, 0.1) is 6.92 Å². The molecule has 7 nitrogen and oxygen atoms in total. The monoisotopic (exact) mass is 455 g/mol. The van der Waals surface area contributed by atoms with Crippen LogP contribution in [0.15, 0.2) is 66.9 Å². The molecule has 5 rings (SSSR count). The second-order valence-electron chi connectivity index (χ2n) is 8.95. The number of fused-ring (bicyclic) bond motifs is 2. The van der Waals surface area contributed by atoms with Crippen molar-refractivity contribution in [2.75, 3.05) is 26.1 Å². The molecule has 34 heavy (non-hydrogen) atoms. The topological polar surface area (TPSA) is 55.5 Å². The summed E-state index contributed by atoms with van der Waals surface area (Å²) in [5.41, 5.74) is 6.70. The Bertz CT molecular complexity index is 1350. The number of benzene rings is 2. The number of ether oxygens (including phenoxy) is 1. The normalized spacial score (nSPS) is 12.9. The summed E-state index contributed by atoms with van der Waals surface area (Å²) in [6.45, 7) is 4.02. The van der Waals surface area contributed by atoms with Gasteiger partial charge in [-0.15, -0.1) is 0 Å². The molecule has 0 radical (unpaired) electrons. The summed E-state index contributed by atoms with van der Waals surface area (Å²) in [7, 11) is 5.74. The highest BCUT2D eigenvalue weighted by Crippen LogP contribution is 2.32. The molecular weight excluding hydrogens is 426 g/mol. The van der Waals surface area contributed by atoms with E-state index in [1.54, 1.807) is 11.8 Å². The summed E-state index contributed by atoms with van der Waals surface area (Å²) < 4.78 is 9.77. The fourth-order valence-electron chi connectivity index (χ4n) is 4.57. The van der Waals surface area contributed by atoms with Gasteiger partial charge in [0, 0.05) is 42.4 Å². The van der Waals surface area contributed by atoms with Crippen molar-refractivity contribution in [3.05, 3.63) is 95.1 Å². The van der Waals surface area contributed by atoms with Gasteiger partial charge in [0.1, 0.15) is 5.75 Å². The summed E-state index contributed by atoms with van der Waals surface area (Å²) in [5.74, 6) is 0.442. The molecule has 0 spiro atoms. The fraction of sp³-hybridized carbons (Fsp3) is 0.259. The molecule has 0 aliphatic carbocycles. The number of nitrogens with zero attached hydrogens (tertiary/aromatic N) is 5. The minimum Gasteiger partial charge on any atom is -0.496 e. The molecule has 2 aromatic heterocycles. The Morgan fingerprint density at radius 2 is 1.88 bits per heavy atom. The molecule has 2 aromatic carbocycles. The van der Waals surface area contributed by atoms with Crippen LogP contribution in [0.2, 0.25) is 0 Å². The predicted molar refractivity (Wildman–Crippen MR) is 133 cm³/mol. The van der Waals surface area contributed by atoms with Crippen LogP contribution in [0.25, 0.3) is 5.69 Å². The molecule has 1 aliphatic rings. The van der Waals surface area contributed by atoms with Crippen LogP contribution in [0.4, 0.5) is 5.69 Å². The quantitative estimate of drug-likeness (QED) is 0.451. The minimum atomic E-state index is -0.0868. The van der Waals surface area contributed by atoms with Gasteiger partial charge >= 0.3 is 0 Å². The molecule has 1 aliphatic heterocycles. The Balaban J connectivity index is 1.55. The number of hydrogen-bond acceptors (Lipinski definition) is 4. The second-order valence-corrected chi connectivity index (χ2v) is 8.95. The van der Waals surface area contributed by atoms with Crippen LogP contribution in [-0.4, -0.2) is 46.4 Å². The molecule has 0 fully saturated rings. The number of rotatable bonds is 5. The molecule has 174 valence electrons. The molecule has 0 atom stereocenters. The van der Waals surface area contributed by atoms with Gasteiger partial charge in [-0.05, 0) is 63.0 Å². The van der Waals surface area contributed by atoms with Gasteiger partial charge in [-0.1, -0.05) is 18.2 Å². The Morgan fingerprint density at radius 1 is 1.06 bits per heavy atom. The van der Waals surface area contributed by atoms with Crippen LogP contribution >= 0.6 is 0 Å². The third-order valence-corrected chi connectivity index (χ3v) is 6.22. The number of amides is 1. The molecule has 4 aromatic rings. The molecule has 0 saturated carbocycles. The molecule has 7 heteroatoms. The first-order valence-corrected chi connectivity index (χ1v) is 11.4. The van der Waals surface area contributed by atoms with E-state index < -0.39 is 0 Å². The van der Waals surface area contributed by atoms with Gasteiger partial charge in [0.25, 0.3) is 5.91 Å². The van der Waals surface area contributed by atoms with Crippen LogP contribution in [0.5, 0.6) is 5.75 Å². The lowest BCUT2D eigenvalue weighted by Crippen LogP contribution is -2.31. The minimum absolute atomic E-state index is 0.0868. The zero-order valence-electron chi connectivity index (χ0n) is 20.0. The Morgan fingerprint density at radius 3 is 2.62 bits per heavy atom. The van der Waals surface area contributed by atoms with Gasteiger partial charge in [-0.25, -0.2) is 4.68 Å². The van der Waals surface area contributed by atoms with Crippen LogP contribution in [-0.2, 0) is 19.6 Å². The third-order valence-electron chi connectivity index (χ3n) is 6.22. The van der Waals surface area contributed by atoms with Crippen molar-refractivity contribution in [3.8, 4) is 11.4 Å². The highest BCUT2D eigenvalue weighted by atomic mass is 16.5. The van der Waals surface area contributed by atoms with E-state index in [9.17, 15) is 4.79 Å². The number of methoxy groups -OCH3 is 1. The molecule has 0 bridgehead atoms. The molecule has 0 unspecified atom stereocenters. The van der Waals surface area contributed by atoms with Crippen molar-refractivity contribution in [2.24, 2.45) is 0 Å². The number of anilines is 1. The Kier molecular flexibility index (Phi) is 5.71. The standard InChI is InChI=1S/C27H29N5O2/c1-19-13-14-32(28-19)21-11-12-24(26(15-21)34-4)27(33)31-18-23-10-9-22(17-29(2)3)30(23)16-20-7-5-6-8-25(20)31/h5-15H,16-18H2,1-4H3. The number of carbonyl (C=O) groups excluding carboxylic acids is 1. The summed E-state index contributed by atoms with van der Waals surface area (Å²) >= 11 is 0. The summed E-state index contributed by atoms with van der Waals surface area (Å²) in [4.78, 5) is 18.0. The summed E-state index contributed by atoms with van der Waals surface area (Å²) in [5, 5.41) is 4.47. The van der Waals surface area contributed by atoms with Crippen molar-refractivity contribution in [3.63, 3.8) is 0 Å². The zero-order chi connectivity index (χ0) is 23.8. The van der Waals surface area contributed by atoms with Gasteiger partial charge in [-0.3, -0.25) is 4.79 Å². The van der Waals surface area contributed by atoms with E-state index in [0.29, 0.717) is 17.9 Å². The van der Waals surface area contributed by atoms with E-state index in [0.717, 1.165) is 41.4 Å². The number of carbonyl (C=O) groups is 1. The predicted octanol–water partition coefficient (Wildman–Crippen LogP) is 4.26. The van der Waals surface area contributed by atoms with Crippen molar-refractivity contribution in [2.45, 2.75) is 26.6 Å². The van der Waals surface area contributed by atoms with Crippen LogP contribution in [0.1, 0.15) is 33.0 Å². The average molecular weight is 456 g/mol. The number of para-hydroxylation sites is 1. The SMILES string of the molecule is COc1cc(-n2ccc(C)n2)ccc1C(=O)N1Cc2ccc(CN(C)C)n2Cc2ccccc21. The molecular formula is C27H29N5O2. The molecule has 1 amide bonds. The lowest BCUT2D eigenvalue weighted by Gasteiger charge is -2.24. The number of hydrogen-bond donors (Lipinski definition) is 0. The van der Waals surface area contributed by atoms with E-state index in [1.165, 1.54) is 5.69 Å².